The van der Waals surface area contributed by atoms with Gasteiger partial charge in [-0.15, -0.1) is 0 Å². The molecule has 0 radical (unpaired) electrons. The molecule has 7 nitrogen and oxygen atoms in total. The highest BCUT2D eigenvalue weighted by molar-refractivity contribution is 5.67. The first-order chi connectivity index (χ1) is 13.5. The molecule has 2 rings (SSSR count). The van der Waals surface area contributed by atoms with Crippen LogP contribution in [-0.2, 0) is 11.3 Å². The minimum absolute atomic E-state index is 0.109. The Labute approximate surface area is 165 Å². The highest BCUT2D eigenvalue weighted by Gasteiger charge is 2.22. The van der Waals surface area contributed by atoms with Crippen LogP contribution < -0.4 is 10.2 Å². The molecule has 1 amide bonds. The van der Waals surface area contributed by atoms with E-state index in [0.717, 1.165) is 24.3 Å². The quantitative estimate of drug-likeness (QED) is 0.527. The molecule has 0 saturated heterocycles. The summed E-state index contributed by atoms with van der Waals surface area (Å²) < 4.78 is 5.06. The molecular weight excluding hydrogens is 360 g/mol. The van der Waals surface area contributed by atoms with Crippen LogP contribution in [0.3, 0.4) is 0 Å². The zero-order valence-electron chi connectivity index (χ0n) is 16.2. The first kappa shape index (κ1) is 21.5. The van der Waals surface area contributed by atoms with Crippen molar-refractivity contribution < 1.29 is 24.9 Å². The van der Waals surface area contributed by atoms with E-state index in [1.807, 2.05) is 44.2 Å². The average molecular weight is 388 g/mol. The number of aromatic hydroxyl groups is 1. The Kier molecular flexibility index (Phi) is 8.10. The molecule has 0 aliphatic rings. The third kappa shape index (κ3) is 5.87. The summed E-state index contributed by atoms with van der Waals surface area (Å²) in [6, 6.07) is 14.1. The second-order valence-electron chi connectivity index (χ2n) is 6.37. The standard InChI is InChI=1S/C21H28N2O5/c1-3-23(4-2)16-10-11-17(18(24)12-16)20(26)19(25)13-22-21(27)28-14-15-8-6-5-7-9-15/h5-12,19-20,24-26H,3-4,13-14H2,1-2H3,(H,22,27). The number of carbonyl (C=O) groups excluding carboxylic acids is 1. The molecule has 2 unspecified atom stereocenters. The molecule has 0 heterocycles. The molecule has 0 fully saturated rings. The topological polar surface area (TPSA) is 102 Å². The number of nitrogens with one attached hydrogen (secondary N) is 1. The lowest BCUT2D eigenvalue weighted by Gasteiger charge is -2.24. The number of carbonyl (C=O) groups is 1. The maximum Gasteiger partial charge on any atom is 0.407 e. The SMILES string of the molecule is CCN(CC)c1ccc(C(O)C(O)CNC(=O)OCc2ccccc2)c(O)c1. The van der Waals surface area contributed by atoms with Gasteiger partial charge in [-0.3, -0.25) is 0 Å². The minimum Gasteiger partial charge on any atom is -0.507 e. The van der Waals surface area contributed by atoms with Gasteiger partial charge in [0.05, 0.1) is 0 Å². The van der Waals surface area contributed by atoms with Crippen molar-refractivity contribution in [2.24, 2.45) is 0 Å². The van der Waals surface area contributed by atoms with Crippen LogP contribution in [0, 0.1) is 0 Å². The Hall–Kier alpha value is -2.77. The summed E-state index contributed by atoms with van der Waals surface area (Å²) in [5.74, 6) is -0.109. The molecule has 28 heavy (non-hydrogen) atoms. The minimum atomic E-state index is -1.35. The molecule has 0 aliphatic heterocycles. The van der Waals surface area contributed by atoms with Crippen molar-refractivity contribution in [2.75, 3.05) is 24.5 Å². The first-order valence-electron chi connectivity index (χ1n) is 9.34. The zero-order valence-corrected chi connectivity index (χ0v) is 16.2. The molecule has 7 heteroatoms. The van der Waals surface area contributed by atoms with Gasteiger partial charge < -0.3 is 30.3 Å². The van der Waals surface area contributed by atoms with Crippen LogP contribution in [0.2, 0.25) is 0 Å². The van der Waals surface area contributed by atoms with Gasteiger partial charge in [0.25, 0.3) is 0 Å². The van der Waals surface area contributed by atoms with Crippen molar-refractivity contribution in [3.05, 3.63) is 59.7 Å². The molecule has 152 valence electrons. The van der Waals surface area contributed by atoms with Crippen molar-refractivity contribution in [1.29, 1.82) is 0 Å². The molecule has 0 bridgehead atoms. The van der Waals surface area contributed by atoms with Crippen molar-refractivity contribution >= 4 is 11.8 Å². The third-order valence-corrected chi connectivity index (χ3v) is 4.49. The fraction of sp³-hybridized carbons (Fsp3) is 0.381. The van der Waals surface area contributed by atoms with E-state index in [1.165, 1.54) is 0 Å². The number of hydrogen-bond donors (Lipinski definition) is 4. The number of aliphatic hydroxyl groups excluding tert-OH is 2. The highest BCUT2D eigenvalue weighted by Crippen LogP contribution is 2.30. The lowest BCUT2D eigenvalue weighted by atomic mass is 10.0. The smallest absolute Gasteiger partial charge is 0.407 e. The fourth-order valence-electron chi connectivity index (χ4n) is 2.85. The molecule has 0 aliphatic carbocycles. The molecule has 4 N–H and O–H groups in total. The van der Waals surface area contributed by atoms with E-state index in [4.69, 9.17) is 4.74 Å². The number of amides is 1. The number of alkyl carbamates (subject to hydrolysis) is 1. The van der Waals surface area contributed by atoms with Gasteiger partial charge in [-0.1, -0.05) is 36.4 Å². The Morgan fingerprint density at radius 3 is 2.39 bits per heavy atom. The Morgan fingerprint density at radius 2 is 1.79 bits per heavy atom. The van der Waals surface area contributed by atoms with E-state index in [0.29, 0.717) is 0 Å². The number of aliphatic hydroxyl groups is 2. The number of ether oxygens (including phenoxy) is 1. The second-order valence-corrected chi connectivity index (χ2v) is 6.37. The fourth-order valence-corrected chi connectivity index (χ4v) is 2.85. The largest absolute Gasteiger partial charge is 0.507 e. The Morgan fingerprint density at radius 1 is 1.11 bits per heavy atom. The van der Waals surface area contributed by atoms with Gasteiger partial charge in [0.1, 0.15) is 24.6 Å². The average Bonchev–Trinajstić information content (AvgIpc) is 2.71. The second kappa shape index (κ2) is 10.5. The van der Waals surface area contributed by atoms with Crippen molar-refractivity contribution in [3.63, 3.8) is 0 Å². The predicted molar refractivity (Wildman–Crippen MR) is 107 cm³/mol. The van der Waals surface area contributed by atoms with E-state index in [1.54, 1.807) is 18.2 Å². The number of benzene rings is 2. The van der Waals surface area contributed by atoms with Crippen LogP contribution in [0.4, 0.5) is 10.5 Å². The first-order valence-corrected chi connectivity index (χ1v) is 9.34. The van der Waals surface area contributed by atoms with Crippen LogP contribution in [0.1, 0.15) is 31.1 Å². The van der Waals surface area contributed by atoms with Crippen LogP contribution in [0.15, 0.2) is 48.5 Å². The monoisotopic (exact) mass is 388 g/mol. The summed E-state index contributed by atoms with van der Waals surface area (Å²) >= 11 is 0. The molecule has 2 aromatic carbocycles. The predicted octanol–water partition coefficient (Wildman–Crippen LogP) is 2.56. The summed E-state index contributed by atoms with van der Waals surface area (Å²) in [6.07, 6.45) is -3.34. The number of phenolic OH excluding ortho intramolecular Hbond substituents is 1. The van der Waals surface area contributed by atoms with Crippen LogP contribution in [0.5, 0.6) is 5.75 Å². The van der Waals surface area contributed by atoms with Crippen LogP contribution in [-0.4, -0.2) is 47.2 Å². The number of anilines is 1. The molecule has 2 aromatic rings. The van der Waals surface area contributed by atoms with E-state index >= 15 is 0 Å². The van der Waals surface area contributed by atoms with E-state index in [-0.39, 0.29) is 24.5 Å². The van der Waals surface area contributed by atoms with Gasteiger partial charge >= 0.3 is 6.09 Å². The molecule has 0 saturated carbocycles. The molecule has 0 aromatic heterocycles. The number of rotatable bonds is 9. The Balaban J connectivity index is 1.88. The molecule has 2 atom stereocenters. The number of nitrogens with zero attached hydrogens (tertiary/aromatic N) is 1. The van der Waals surface area contributed by atoms with Crippen LogP contribution in [0.25, 0.3) is 0 Å². The van der Waals surface area contributed by atoms with Crippen molar-refractivity contribution in [1.82, 2.24) is 5.32 Å². The summed E-state index contributed by atoms with van der Waals surface area (Å²) in [4.78, 5) is 13.8. The highest BCUT2D eigenvalue weighted by atomic mass is 16.5. The van der Waals surface area contributed by atoms with E-state index < -0.39 is 18.3 Å². The summed E-state index contributed by atoms with van der Waals surface area (Å²) in [5, 5.41) is 33.1. The van der Waals surface area contributed by atoms with Gasteiger partial charge in [0.2, 0.25) is 0 Å². The Bertz CT molecular complexity index is 750. The van der Waals surface area contributed by atoms with Gasteiger partial charge in [-0.2, -0.15) is 0 Å². The van der Waals surface area contributed by atoms with E-state index in [2.05, 4.69) is 10.2 Å². The lowest BCUT2D eigenvalue weighted by Crippen LogP contribution is -2.35. The van der Waals surface area contributed by atoms with Gasteiger partial charge in [-0.05, 0) is 25.5 Å². The van der Waals surface area contributed by atoms with E-state index in [9.17, 15) is 20.1 Å². The van der Waals surface area contributed by atoms with Crippen molar-refractivity contribution in [2.45, 2.75) is 32.7 Å². The van der Waals surface area contributed by atoms with Gasteiger partial charge in [-0.25, -0.2) is 4.79 Å². The molecular formula is C21H28N2O5. The summed E-state index contributed by atoms with van der Waals surface area (Å²) in [6.45, 7) is 5.49. The lowest BCUT2D eigenvalue weighted by molar-refractivity contribution is 0.0171. The summed E-state index contributed by atoms with van der Waals surface area (Å²) in [5.41, 5.74) is 1.87. The molecule has 0 spiro atoms. The van der Waals surface area contributed by atoms with Gasteiger partial charge in [0, 0.05) is 37.0 Å². The summed E-state index contributed by atoms with van der Waals surface area (Å²) in [7, 11) is 0. The van der Waals surface area contributed by atoms with Gasteiger partial charge in [0.15, 0.2) is 0 Å². The third-order valence-electron chi connectivity index (χ3n) is 4.49. The maximum absolute atomic E-state index is 11.8. The zero-order chi connectivity index (χ0) is 20.5. The maximum atomic E-state index is 11.8. The normalized spacial score (nSPS) is 12.9. The number of phenols is 1. The van der Waals surface area contributed by atoms with Crippen LogP contribution >= 0.6 is 0 Å². The number of hydrogen-bond acceptors (Lipinski definition) is 6. The van der Waals surface area contributed by atoms with Crippen molar-refractivity contribution in [3.8, 4) is 5.75 Å².